The number of hydrogen-bond acceptors (Lipinski definition) is 3. The normalized spacial score (nSPS) is 11.5. The van der Waals surface area contributed by atoms with Crippen LogP contribution in [-0.2, 0) is 6.54 Å². The van der Waals surface area contributed by atoms with Crippen LogP contribution in [0.25, 0.3) is 0 Å². The number of halogens is 4. The van der Waals surface area contributed by atoms with E-state index in [0.717, 1.165) is 0 Å². The number of alkyl halides is 3. The maximum absolute atomic E-state index is 11.9. The van der Waals surface area contributed by atoms with E-state index in [2.05, 4.69) is 9.72 Å². The molecule has 3 nitrogen and oxygen atoms in total. The maximum atomic E-state index is 11.9. The molecule has 7 heteroatoms. The molecule has 0 aliphatic rings. The Bertz CT molecular complexity index is 329. The summed E-state index contributed by atoms with van der Waals surface area (Å²) in [5.74, 6) is -0.317. The lowest BCUT2D eigenvalue weighted by Crippen LogP contribution is -2.20. The molecule has 0 amide bonds. The highest BCUT2D eigenvalue weighted by Gasteiger charge is 2.33. The van der Waals surface area contributed by atoms with Gasteiger partial charge in [0.25, 0.3) is 0 Å². The molecule has 1 heterocycles. The van der Waals surface area contributed by atoms with Gasteiger partial charge in [0.2, 0.25) is 0 Å². The van der Waals surface area contributed by atoms with Crippen LogP contribution in [0, 0.1) is 3.57 Å². The van der Waals surface area contributed by atoms with E-state index in [4.69, 9.17) is 5.73 Å². The van der Waals surface area contributed by atoms with Crippen LogP contribution in [0.4, 0.5) is 13.2 Å². The highest BCUT2D eigenvalue weighted by Crippen LogP contribution is 2.29. The third-order valence-corrected chi connectivity index (χ3v) is 2.19. The summed E-state index contributed by atoms with van der Waals surface area (Å²) in [4.78, 5) is 3.69. The topological polar surface area (TPSA) is 48.1 Å². The van der Waals surface area contributed by atoms with Gasteiger partial charge in [-0.25, -0.2) is 0 Å². The van der Waals surface area contributed by atoms with E-state index in [1.807, 2.05) is 0 Å². The predicted octanol–water partition coefficient (Wildman–Crippen LogP) is 2.04. The van der Waals surface area contributed by atoms with E-state index in [-0.39, 0.29) is 18.0 Å². The number of aromatic nitrogens is 1. The van der Waals surface area contributed by atoms with Crippen LogP contribution in [0.2, 0.25) is 0 Å². The molecule has 1 aromatic rings. The molecule has 0 radical (unpaired) electrons. The Morgan fingerprint density at radius 3 is 2.64 bits per heavy atom. The number of rotatable bonds is 2. The summed E-state index contributed by atoms with van der Waals surface area (Å²) in [5, 5.41) is 0. The van der Waals surface area contributed by atoms with Crippen molar-refractivity contribution in [2.45, 2.75) is 12.9 Å². The Hall–Kier alpha value is -0.570. The van der Waals surface area contributed by atoms with Crippen molar-refractivity contribution < 1.29 is 17.9 Å². The van der Waals surface area contributed by atoms with Crippen LogP contribution in [0.1, 0.15) is 5.69 Å². The Labute approximate surface area is 91.6 Å². The van der Waals surface area contributed by atoms with Crippen molar-refractivity contribution in [1.29, 1.82) is 0 Å². The molecular formula is C7H6F3IN2O. The average Bonchev–Trinajstić information content (AvgIpc) is 2.06. The van der Waals surface area contributed by atoms with Crippen molar-refractivity contribution in [2.24, 2.45) is 5.73 Å². The van der Waals surface area contributed by atoms with Crippen molar-refractivity contribution in [3.8, 4) is 5.75 Å². The van der Waals surface area contributed by atoms with Gasteiger partial charge in [0.1, 0.15) is 0 Å². The van der Waals surface area contributed by atoms with E-state index in [1.54, 1.807) is 22.6 Å². The molecular weight excluding hydrogens is 312 g/mol. The highest BCUT2D eigenvalue weighted by molar-refractivity contribution is 14.1. The highest BCUT2D eigenvalue weighted by atomic mass is 127. The minimum absolute atomic E-state index is 0.0919. The molecule has 78 valence electrons. The molecule has 0 aromatic carbocycles. The smallest absolute Gasteiger partial charge is 0.403 e. The third kappa shape index (κ3) is 2.98. The molecule has 0 saturated heterocycles. The lowest BCUT2D eigenvalue weighted by Gasteiger charge is -2.12. The molecule has 1 rings (SSSR count). The summed E-state index contributed by atoms with van der Waals surface area (Å²) in [6, 6.07) is 1.42. The number of nitrogens with two attached hydrogens (primary N) is 1. The van der Waals surface area contributed by atoms with Gasteiger partial charge in [-0.1, -0.05) is 0 Å². The summed E-state index contributed by atoms with van der Waals surface area (Å²) in [7, 11) is 0. The SMILES string of the molecule is NCc1nccc(I)c1OC(F)(F)F. The van der Waals surface area contributed by atoms with Crippen LogP contribution in [0.5, 0.6) is 5.75 Å². The molecule has 14 heavy (non-hydrogen) atoms. The minimum Gasteiger partial charge on any atom is -0.403 e. The first-order chi connectivity index (χ1) is 6.44. The predicted molar refractivity (Wildman–Crippen MR) is 51.5 cm³/mol. The van der Waals surface area contributed by atoms with Gasteiger partial charge in [0.05, 0.1) is 9.26 Å². The zero-order chi connectivity index (χ0) is 10.8. The van der Waals surface area contributed by atoms with E-state index < -0.39 is 6.36 Å². The van der Waals surface area contributed by atoms with Crippen LogP contribution in [0.15, 0.2) is 12.3 Å². The van der Waals surface area contributed by atoms with E-state index in [0.29, 0.717) is 3.57 Å². The van der Waals surface area contributed by atoms with Crippen molar-refractivity contribution in [3.63, 3.8) is 0 Å². The zero-order valence-electron chi connectivity index (χ0n) is 6.81. The lowest BCUT2D eigenvalue weighted by molar-refractivity contribution is -0.275. The van der Waals surface area contributed by atoms with Gasteiger partial charge >= 0.3 is 6.36 Å². The summed E-state index contributed by atoms with van der Waals surface area (Å²) in [6.45, 7) is -0.0950. The fraction of sp³-hybridized carbons (Fsp3) is 0.286. The van der Waals surface area contributed by atoms with Gasteiger partial charge in [-0.3, -0.25) is 4.98 Å². The average molecular weight is 318 g/mol. The molecule has 2 N–H and O–H groups in total. The van der Waals surface area contributed by atoms with Crippen molar-refractivity contribution >= 4 is 22.6 Å². The Morgan fingerprint density at radius 1 is 1.50 bits per heavy atom. The van der Waals surface area contributed by atoms with Crippen LogP contribution in [0.3, 0.4) is 0 Å². The number of hydrogen-bond donors (Lipinski definition) is 1. The van der Waals surface area contributed by atoms with Gasteiger partial charge in [0.15, 0.2) is 5.75 Å². The van der Waals surface area contributed by atoms with Crippen LogP contribution in [-0.4, -0.2) is 11.3 Å². The first-order valence-corrected chi connectivity index (χ1v) is 4.61. The molecule has 0 saturated carbocycles. The monoisotopic (exact) mass is 318 g/mol. The van der Waals surface area contributed by atoms with Gasteiger partial charge < -0.3 is 10.5 Å². The summed E-state index contributed by atoms with van der Waals surface area (Å²) in [6.07, 6.45) is -3.33. The summed E-state index contributed by atoms with van der Waals surface area (Å²) in [5.41, 5.74) is 5.32. The Morgan fingerprint density at radius 2 is 2.14 bits per heavy atom. The summed E-state index contributed by atoms with van der Waals surface area (Å²) >= 11 is 1.73. The largest absolute Gasteiger partial charge is 0.573 e. The second-order valence-corrected chi connectivity index (χ2v) is 3.48. The van der Waals surface area contributed by atoms with Crippen molar-refractivity contribution in [3.05, 3.63) is 21.5 Å². The molecule has 0 atom stereocenters. The first-order valence-electron chi connectivity index (χ1n) is 3.53. The Balaban J connectivity index is 3.05. The Kier molecular flexibility index (Phi) is 3.53. The van der Waals surface area contributed by atoms with E-state index in [9.17, 15) is 13.2 Å². The molecule has 0 bridgehead atoms. The van der Waals surface area contributed by atoms with Crippen molar-refractivity contribution in [2.75, 3.05) is 0 Å². The standard InChI is InChI=1S/C7H6F3IN2O/c8-7(9,10)14-6-4(11)1-2-13-5(6)3-12/h1-2H,3,12H2. The number of nitrogens with zero attached hydrogens (tertiary/aromatic N) is 1. The quantitative estimate of drug-likeness (QED) is 0.849. The van der Waals surface area contributed by atoms with Gasteiger partial charge in [-0.05, 0) is 28.7 Å². The molecule has 0 spiro atoms. The van der Waals surface area contributed by atoms with Gasteiger partial charge in [0, 0.05) is 12.7 Å². The first kappa shape index (κ1) is 11.5. The maximum Gasteiger partial charge on any atom is 0.573 e. The fourth-order valence-electron chi connectivity index (χ4n) is 0.834. The second kappa shape index (κ2) is 4.30. The van der Waals surface area contributed by atoms with E-state index >= 15 is 0 Å². The zero-order valence-corrected chi connectivity index (χ0v) is 8.96. The number of ether oxygens (including phenoxy) is 1. The molecule has 0 aliphatic heterocycles. The molecule has 0 unspecified atom stereocenters. The van der Waals surface area contributed by atoms with Gasteiger partial charge in [-0.2, -0.15) is 0 Å². The fourth-order valence-corrected chi connectivity index (χ4v) is 1.42. The molecule has 0 aliphatic carbocycles. The third-order valence-electron chi connectivity index (χ3n) is 1.34. The summed E-state index contributed by atoms with van der Waals surface area (Å²) < 4.78 is 40.0. The van der Waals surface area contributed by atoms with Crippen LogP contribution < -0.4 is 10.5 Å². The minimum atomic E-state index is -4.72. The van der Waals surface area contributed by atoms with Gasteiger partial charge in [-0.15, -0.1) is 13.2 Å². The molecule has 0 fully saturated rings. The van der Waals surface area contributed by atoms with Crippen molar-refractivity contribution in [1.82, 2.24) is 4.98 Å². The second-order valence-electron chi connectivity index (χ2n) is 2.32. The lowest BCUT2D eigenvalue weighted by atomic mass is 10.3. The molecule has 1 aromatic heterocycles. The van der Waals surface area contributed by atoms with Crippen LogP contribution >= 0.6 is 22.6 Å². The van der Waals surface area contributed by atoms with E-state index in [1.165, 1.54) is 12.3 Å². The number of pyridine rings is 1.